The Kier molecular flexibility index (Phi) is 50.0. The summed E-state index contributed by atoms with van der Waals surface area (Å²) in [6.07, 6.45) is 78.9. The zero-order valence-corrected chi connectivity index (χ0v) is 92.0. The first kappa shape index (κ1) is 111. The second-order valence-corrected chi connectivity index (χ2v) is 46.9. The normalized spacial score (nSPS) is 15.1. The van der Waals surface area contributed by atoms with Crippen molar-refractivity contribution in [2.75, 3.05) is 26.2 Å². The number of benzene rings is 2. The van der Waals surface area contributed by atoms with Crippen molar-refractivity contribution in [2.45, 2.75) is 466 Å². The molecular formula is C120H178N8O4S6. The molecule has 18 heteroatoms. The molecule has 10 heterocycles. The molecule has 4 atom stereocenters. The Morgan fingerprint density at radius 3 is 0.616 bits per heavy atom. The highest BCUT2D eigenvalue weighted by Crippen LogP contribution is 2.54. The quantitative estimate of drug-likeness (QED) is 0.0344. The Hall–Kier alpha value is -6.28. The number of aromatic nitrogens is 4. The zero-order valence-electron chi connectivity index (χ0n) is 87.1. The lowest BCUT2D eigenvalue weighted by molar-refractivity contribution is -0.124. The molecule has 8 aromatic rings. The highest BCUT2D eigenvalue weighted by molar-refractivity contribution is 7.17. The number of carbonyl (C=O) groups is 4. The van der Waals surface area contributed by atoms with Crippen LogP contribution in [-0.2, 0) is 19.2 Å². The molecule has 0 radical (unpaired) electrons. The molecular weight excluding hydrogens is 1810 g/mol. The molecule has 0 saturated heterocycles. The number of thiophene rings is 4. The smallest absolute Gasteiger partial charge is 0.261 e. The number of unbranched alkanes of at least 4 members (excludes halogenated alkanes) is 48. The summed E-state index contributed by atoms with van der Waals surface area (Å²) in [5, 5.41) is 4.25. The first-order chi connectivity index (χ1) is 68.0. The monoisotopic (exact) mass is 1990 g/mol. The lowest BCUT2D eigenvalue weighted by Crippen LogP contribution is -2.34. The summed E-state index contributed by atoms with van der Waals surface area (Å²) in [7, 11) is 0. The van der Waals surface area contributed by atoms with E-state index >= 15 is 19.2 Å². The van der Waals surface area contributed by atoms with E-state index in [1.54, 1.807) is 45.3 Å². The Bertz CT molecular complexity index is 4710. The molecule has 12 rings (SSSR count). The van der Waals surface area contributed by atoms with Crippen molar-refractivity contribution in [2.24, 2.45) is 23.7 Å². The van der Waals surface area contributed by atoms with Crippen molar-refractivity contribution < 1.29 is 19.2 Å². The maximum absolute atomic E-state index is 16.4. The number of rotatable bonds is 79. The van der Waals surface area contributed by atoms with Crippen molar-refractivity contribution in [3.8, 4) is 32.0 Å². The molecule has 0 N–H and O–H groups in total. The highest BCUT2D eigenvalue weighted by atomic mass is 32.1. The fourth-order valence-corrected chi connectivity index (χ4v) is 27.5. The van der Waals surface area contributed by atoms with Crippen LogP contribution in [0.2, 0.25) is 0 Å². The van der Waals surface area contributed by atoms with Crippen LogP contribution in [0.4, 0.5) is 0 Å². The predicted octanol–water partition coefficient (Wildman–Crippen LogP) is 38.1. The van der Waals surface area contributed by atoms with Crippen LogP contribution in [0, 0.1) is 23.7 Å². The molecule has 0 aliphatic carbocycles. The van der Waals surface area contributed by atoms with E-state index in [4.69, 9.17) is 17.5 Å². The third kappa shape index (κ3) is 31.9. The van der Waals surface area contributed by atoms with Gasteiger partial charge in [-0.25, -0.2) is 0 Å². The summed E-state index contributed by atoms with van der Waals surface area (Å²) < 4.78 is 20.7. The predicted molar refractivity (Wildman–Crippen MR) is 598 cm³/mol. The number of carbonyl (C=O) groups excluding carboxylic acids is 4. The summed E-state index contributed by atoms with van der Waals surface area (Å²) in [5.41, 5.74) is 12.6. The third-order valence-electron chi connectivity index (χ3n) is 30.7. The molecule has 758 valence electrons. The van der Waals surface area contributed by atoms with E-state index in [1.807, 2.05) is 0 Å². The van der Waals surface area contributed by atoms with Crippen LogP contribution in [0.3, 0.4) is 0 Å². The van der Waals surface area contributed by atoms with E-state index in [2.05, 4.69) is 159 Å². The van der Waals surface area contributed by atoms with Gasteiger partial charge in [0, 0.05) is 58.2 Å². The van der Waals surface area contributed by atoms with Gasteiger partial charge in [0.15, 0.2) is 0 Å². The van der Waals surface area contributed by atoms with Crippen molar-refractivity contribution >= 4 is 137 Å². The second kappa shape index (κ2) is 62.4. The van der Waals surface area contributed by atoms with E-state index in [1.165, 1.54) is 344 Å². The second-order valence-electron chi connectivity index (χ2n) is 41.8. The highest BCUT2D eigenvalue weighted by Gasteiger charge is 2.52. The minimum atomic E-state index is -0.0118. The van der Waals surface area contributed by atoms with Gasteiger partial charge >= 0.3 is 0 Å². The molecule has 0 spiro atoms. The number of hydrogen-bond donors (Lipinski definition) is 0. The Labute approximate surface area is 860 Å². The van der Waals surface area contributed by atoms with Gasteiger partial charge in [-0.3, -0.25) is 19.2 Å². The molecule has 4 aliphatic heterocycles. The van der Waals surface area contributed by atoms with Gasteiger partial charge in [0.1, 0.15) is 22.1 Å². The van der Waals surface area contributed by atoms with Gasteiger partial charge in [0.2, 0.25) is 0 Å². The number of amides is 4. The molecule has 4 amide bonds. The molecule has 4 aliphatic rings. The van der Waals surface area contributed by atoms with Gasteiger partial charge in [0.05, 0.1) is 88.0 Å². The fourth-order valence-electron chi connectivity index (χ4n) is 22.6. The van der Waals surface area contributed by atoms with Crippen LogP contribution in [0.5, 0.6) is 0 Å². The van der Waals surface area contributed by atoms with Gasteiger partial charge in [0.25, 0.3) is 23.6 Å². The number of nitrogens with zero attached hydrogens (tertiary/aromatic N) is 8. The molecule has 12 nitrogen and oxygen atoms in total. The average molecular weight is 1990 g/mol. The number of hydrogen-bond acceptors (Lipinski definition) is 14. The van der Waals surface area contributed by atoms with Gasteiger partial charge < -0.3 is 19.6 Å². The van der Waals surface area contributed by atoms with Crippen LogP contribution >= 0.6 is 68.8 Å². The van der Waals surface area contributed by atoms with E-state index < -0.39 is 0 Å². The first-order valence-corrected chi connectivity index (χ1v) is 61.9. The maximum Gasteiger partial charge on any atom is 0.261 e. The van der Waals surface area contributed by atoms with E-state index in [0.717, 1.165) is 186 Å². The summed E-state index contributed by atoms with van der Waals surface area (Å²) in [6.45, 7) is 20.8. The van der Waals surface area contributed by atoms with Gasteiger partial charge in [-0.15, -0.1) is 45.3 Å². The van der Waals surface area contributed by atoms with Gasteiger partial charge in [-0.1, -0.05) is 451 Å². The Morgan fingerprint density at radius 1 is 0.217 bits per heavy atom. The summed E-state index contributed by atoms with van der Waals surface area (Å²) in [6, 6.07) is 26.1. The van der Waals surface area contributed by atoms with Crippen LogP contribution in [0.25, 0.3) is 76.9 Å². The lowest BCUT2D eigenvalue weighted by Gasteiger charge is -2.29. The Morgan fingerprint density at radius 2 is 0.406 bits per heavy atom. The standard InChI is InChI=1S/C120H178N8O4S6/c1-9-17-25-33-41-45-53-61-71-91(67-57-49-37-29-21-13-5)87-125-113(101-75-65-85-133-101)105-107(119(125)131)115(127(117(105)129)89-93(69-59-51-39-31-23-15-7)73-63-55-47-43-35-27-19-11-3)103-83-81-99(135-103)97-79-77-95(109-111(97)123-137-121-109)96-78-80-98(112-110(96)122-138-124-112)100-82-84-104(136-100)116-108-106(118(130)128(116)90-94(70-60-52-40-32-24-16-8)74-64-56-48-44-36-28-20-12-4)114(102-76-66-86-134-102)126(120(108)132)88-92(68-58-50-38-30-22-14-6)72-62-54-46-42-34-26-18-10-2/h65-66,75-86,91-94H,9-64,67-74,87-90H2,1-8H3. The molecule has 6 aromatic heterocycles. The van der Waals surface area contributed by atoms with Crippen LogP contribution in [0.15, 0.2) is 106 Å². The van der Waals surface area contributed by atoms with E-state index in [0.29, 0.717) is 72.1 Å². The van der Waals surface area contributed by atoms with Crippen LogP contribution in [0.1, 0.15) is 486 Å². The van der Waals surface area contributed by atoms with Crippen LogP contribution in [-0.4, -0.2) is 86.9 Å². The van der Waals surface area contributed by atoms with E-state index in [-0.39, 0.29) is 23.6 Å². The zero-order chi connectivity index (χ0) is 96.7. The van der Waals surface area contributed by atoms with Crippen molar-refractivity contribution in [1.29, 1.82) is 0 Å². The summed E-state index contributed by atoms with van der Waals surface area (Å²) >= 11 is 9.13. The lowest BCUT2D eigenvalue weighted by atomic mass is 9.93. The van der Waals surface area contributed by atoms with Crippen molar-refractivity contribution in [3.63, 3.8) is 0 Å². The maximum atomic E-state index is 16.4. The largest absolute Gasteiger partial charge is 0.306 e. The number of fused-ring (bicyclic) bond motifs is 4. The molecule has 0 saturated carbocycles. The fraction of sp³-hybridized carbons (Fsp3) is 0.667. The average Bonchev–Trinajstić information content (AvgIpc) is 1.55. The minimum absolute atomic E-state index is 0.0118. The molecule has 138 heavy (non-hydrogen) atoms. The SMILES string of the molecule is CCCCCCCCCCC(CCCCCCCC)CN1C(=O)C2=C(c3ccc(-c4ccc(-c5ccc(-c6ccc(C7=C8C(=O)N(CC(CCCCCCCC)CCCCCCCCCC)C(c9cccs9)=C8C(=O)N7CC(CCCCCCCC)CCCCCCCCCC)s6)c6nsnc56)c5nsnc45)s3)N(CC(CCCCCCCC)CCCCCCCCCC)C(=O)C2=C1c1cccs1. The topological polar surface area (TPSA) is 133 Å². The Balaban J connectivity index is 0.888. The minimum Gasteiger partial charge on any atom is -0.306 e. The van der Waals surface area contributed by atoms with E-state index in [9.17, 15) is 0 Å². The van der Waals surface area contributed by atoms with Crippen molar-refractivity contribution in [1.82, 2.24) is 37.1 Å². The molecule has 2 aromatic carbocycles. The molecule has 0 fully saturated rings. The summed E-state index contributed by atoms with van der Waals surface area (Å²) in [5.74, 6) is 1.21. The van der Waals surface area contributed by atoms with Gasteiger partial charge in [-0.2, -0.15) is 17.5 Å². The van der Waals surface area contributed by atoms with Gasteiger partial charge in [-0.05, 0) is 122 Å². The first-order valence-electron chi connectivity index (χ1n) is 57.1. The van der Waals surface area contributed by atoms with Crippen molar-refractivity contribution in [3.05, 3.63) is 125 Å². The molecule has 0 bridgehead atoms. The molecule has 4 unspecified atom stereocenters. The summed E-state index contributed by atoms with van der Waals surface area (Å²) in [4.78, 5) is 79.9. The van der Waals surface area contributed by atoms with Crippen LogP contribution < -0.4 is 0 Å². The third-order valence-corrected chi connectivity index (χ3v) is 35.8.